The van der Waals surface area contributed by atoms with E-state index in [0.29, 0.717) is 16.1 Å². The Balaban J connectivity index is 2.09. The summed E-state index contributed by atoms with van der Waals surface area (Å²) in [6, 6.07) is 5.82. The van der Waals surface area contributed by atoms with Gasteiger partial charge >= 0.3 is 0 Å². The fourth-order valence-electron chi connectivity index (χ4n) is 1.69. The number of benzene rings is 1. The first-order chi connectivity index (χ1) is 7.27. The number of rotatable bonds is 2. The third-order valence-corrected chi connectivity index (χ3v) is 3.10. The predicted octanol–water partition coefficient (Wildman–Crippen LogP) is 3.58. The van der Waals surface area contributed by atoms with Crippen LogP contribution in [0, 0.1) is 0 Å². The minimum absolute atomic E-state index is 0.316. The van der Waals surface area contributed by atoms with Gasteiger partial charge in [0.2, 0.25) is 0 Å². The summed E-state index contributed by atoms with van der Waals surface area (Å²) in [7, 11) is 0. The van der Waals surface area contributed by atoms with Gasteiger partial charge in [0.05, 0.1) is 22.3 Å². The second-order valence-electron chi connectivity index (χ2n) is 3.66. The molecule has 1 heterocycles. The smallest absolute Gasteiger partial charge is 0.0721 e. The Morgan fingerprint density at radius 2 is 2.00 bits per heavy atom. The van der Waals surface area contributed by atoms with Crippen molar-refractivity contribution in [1.29, 1.82) is 0 Å². The molecule has 0 bridgehead atoms. The van der Waals surface area contributed by atoms with E-state index >= 15 is 0 Å². The van der Waals surface area contributed by atoms with Crippen LogP contribution in [0.5, 0.6) is 0 Å². The summed E-state index contributed by atoms with van der Waals surface area (Å²) in [6.07, 6.45) is 2.18. The number of hydrogen-bond acceptors (Lipinski definition) is 2. The van der Waals surface area contributed by atoms with E-state index in [2.05, 4.69) is 5.32 Å². The molecule has 15 heavy (non-hydrogen) atoms. The van der Waals surface area contributed by atoms with Crippen molar-refractivity contribution in [3.8, 4) is 0 Å². The third-order valence-electron chi connectivity index (χ3n) is 2.47. The average Bonchev–Trinajstić information content (AvgIpc) is 2.25. The molecule has 1 N–H and O–H groups in total. The summed E-state index contributed by atoms with van der Waals surface area (Å²) < 4.78 is 5.39. The van der Waals surface area contributed by atoms with Gasteiger partial charge in [-0.15, -0.1) is 0 Å². The standard InChI is InChI=1S/C11H13Cl2NO/c12-9-4-1-5-10(13)11(9)14-8-3-2-6-15-7-8/h1,4-5,8,14H,2-3,6-7H2. The Hall–Kier alpha value is -0.440. The molecule has 1 saturated heterocycles. The molecule has 0 spiro atoms. The Bertz CT molecular complexity index is 317. The molecule has 2 rings (SSSR count). The first-order valence-electron chi connectivity index (χ1n) is 5.05. The maximum Gasteiger partial charge on any atom is 0.0721 e. The molecule has 0 radical (unpaired) electrons. The summed E-state index contributed by atoms with van der Waals surface area (Å²) >= 11 is 12.1. The molecule has 1 aliphatic heterocycles. The zero-order valence-electron chi connectivity index (χ0n) is 8.30. The highest BCUT2D eigenvalue weighted by atomic mass is 35.5. The van der Waals surface area contributed by atoms with Crippen molar-refractivity contribution < 1.29 is 4.74 Å². The number of hydrogen-bond donors (Lipinski definition) is 1. The van der Waals surface area contributed by atoms with E-state index in [-0.39, 0.29) is 0 Å². The van der Waals surface area contributed by atoms with Crippen LogP contribution in [0.25, 0.3) is 0 Å². The Kier molecular flexibility index (Phi) is 3.73. The highest BCUT2D eigenvalue weighted by molar-refractivity contribution is 6.39. The normalized spacial score (nSPS) is 21.3. The maximum absolute atomic E-state index is 6.06. The Morgan fingerprint density at radius 1 is 1.27 bits per heavy atom. The van der Waals surface area contributed by atoms with Crippen molar-refractivity contribution in [3.63, 3.8) is 0 Å². The van der Waals surface area contributed by atoms with Crippen molar-refractivity contribution in [2.24, 2.45) is 0 Å². The lowest BCUT2D eigenvalue weighted by atomic mass is 10.1. The number of ether oxygens (including phenoxy) is 1. The zero-order chi connectivity index (χ0) is 10.7. The fraction of sp³-hybridized carbons (Fsp3) is 0.455. The van der Waals surface area contributed by atoms with Crippen LogP contribution in [0.3, 0.4) is 0 Å². The van der Waals surface area contributed by atoms with Gasteiger partial charge in [-0.25, -0.2) is 0 Å². The lowest BCUT2D eigenvalue weighted by molar-refractivity contribution is 0.0876. The van der Waals surface area contributed by atoms with Gasteiger partial charge in [0, 0.05) is 12.6 Å². The zero-order valence-corrected chi connectivity index (χ0v) is 9.81. The first kappa shape index (κ1) is 11.1. The van der Waals surface area contributed by atoms with E-state index in [1.54, 1.807) is 0 Å². The van der Waals surface area contributed by atoms with Crippen LogP contribution in [0.2, 0.25) is 10.0 Å². The van der Waals surface area contributed by atoms with Crippen LogP contribution in [-0.4, -0.2) is 19.3 Å². The van der Waals surface area contributed by atoms with E-state index < -0.39 is 0 Å². The summed E-state index contributed by atoms with van der Waals surface area (Å²) in [6.45, 7) is 1.58. The van der Waals surface area contributed by atoms with Crippen LogP contribution < -0.4 is 5.32 Å². The summed E-state index contributed by atoms with van der Waals surface area (Å²) in [5, 5.41) is 4.65. The highest BCUT2D eigenvalue weighted by Crippen LogP contribution is 2.31. The van der Waals surface area contributed by atoms with Crippen molar-refractivity contribution in [3.05, 3.63) is 28.2 Å². The molecule has 0 saturated carbocycles. The van der Waals surface area contributed by atoms with Gasteiger partial charge in [0.25, 0.3) is 0 Å². The largest absolute Gasteiger partial charge is 0.379 e. The lowest BCUT2D eigenvalue weighted by Crippen LogP contribution is -2.30. The van der Waals surface area contributed by atoms with E-state index in [9.17, 15) is 0 Å². The second kappa shape index (κ2) is 5.06. The van der Waals surface area contributed by atoms with Crippen LogP contribution in [0.4, 0.5) is 5.69 Å². The number of para-hydroxylation sites is 1. The van der Waals surface area contributed by atoms with Crippen molar-refractivity contribution in [2.75, 3.05) is 18.5 Å². The minimum atomic E-state index is 0.316. The molecule has 0 amide bonds. The Morgan fingerprint density at radius 3 is 2.60 bits per heavy atom. The van der Waals surface area contributed by atoms with Gasteiger partial charge in [-0.05, 0) is 25.0 Å². The van der Waals surface area contributed by atoms with E-state index in [0.717, 1.165) is 31.7 Å². The van der Waals surface area contributed by atoms with E-state index in [1.165, 1.54) is 0 Å². The molecule has 82 valence electrons. The number of anilines is 1. The van der Waals surface area contributed by atoms with Crippen LogP contribution in [0.1, 0.15) is 12.8 Å². The number of halogens is 2. The van der Waals surface area contributed by atoms with E-state index in [4.69, 9.17) is 27.9 Å². The molecule has 0 aromatic heterocycles. The fourth-order valence-corrected chi connectivity index (χ4v) is 2.20. The molecule has 2 nitrogen and oxygen atoms in total. The van der Waals surface area contributed by atoms with Gasteiger partial charge < -0.3 is 10.1 Å². The predicted molar refractivity (Wildman–Crippen MR) is 63.9 cm³/mol. The molecule has 1 fully saturated rings. The molecule has 0 aliphatic carbocycles. The first-order valence-corrected chi connectivity index (χ1v) is 5.81. The van der Waals surface area contributed by atoms with Gasteiger partial charge in [0.1, 0.15) is 0 Å². The van der Waals surface area contributed by atoms with Crippen LogP contribution in [-0.2, 0) is 4.74 Å². The van der Waals surface area contributed by atoms with Gasteiger partial charge in [-0.2, -0.15) is 0 Å². The minimum Gasteiger partial charge on any atom is -0.379 e. The van der Waals surface area contributed by atoms with Crippen molar-refractivity contribution >= 4 is 28.9 Å². The summed E-state index contributed by atoms with van der Waals surface area (Å²) in [5.41, 5.74) is 0.816. The molecule has 1 aliphatic rings. The lowest BCUT2D eigenvalue weighted by Gasteiger charge is -2.25. The molecule has 1 aromatic rings. The third kappa shape index (κ3) is 2.77. The molecule has 4 heteroatoms. The van der Waals surface area contributed by atoms with Gasteiger partial charge in [-0.3, -0.25) is 0 Å². The Labute approximate surface area is 99.5 Å². The van der Waals surface area contributed by atoms with Crippen LogP contribution >= 0.6 is 23.2 Å². The molecule has 1 atom stereocenters. The number of nitrogens with one attached hydrogen (secondary N) is 1. The topological polar surface area (TPSA) is 21.3 Å². The monoisotopic (exact) mass is 245 g/mol. The molecular weight excluding hydrogens is 233 g/mol. The van der Waals surface area contributed by atoms with Crippen molar-refractivity contribution in [1.82, 2.24) is 0 Å². The summed E-state index contributed by atoms with van der Waals surface area (Å²) in [4.78, 5) is 0. The van der Waals surface area contributed by atoms with Crippen LogP contribution in [0.15, 0.2) is 18.2 Å². The molecule has 1 aromatic carbocycles. The van der Waals surface area contributed by atoms with Crippen molar-refractivity contribution in [2.45, 2.75) is 18.9 Å². The second-order valence-corrected chi connectivity index (χ2v) is 4.47. The SMILES string of the molecule is Clc1cccc(Cl)c1NC1CCCOC1. The molecular formula is C11H13Cl2NO. The quantitative estimate of drug-likeness (QED) is 0.861. The maximum atomic E-state index is 6.06. The van der Waals surface area contributed by atoms with E-state index in [1.807, 2.05) is 18.2 Å². The highest BCUT2D eigenvalue weighted by Gasteiger charge is 2.15. The van der Waals surface area contributed by atoms with Gasteiger partial charge in [0.15, 0.2) is 0 Å². The van der Waals surface area contributed by atoms with Gasteiger partial charge in [-0.1, -0.05) is 29.3 Å². The molecule has 1 unspecified atom stereocenters. The average molecular weight is 246 g/mol. The summed E-state index contributed by atoms with van der Waals surface area (Å²) in [5.74, 6) is 0.